The van der Waals surface area contributed by atoms with Crippen LogP contribution in [0.25, 0.3) is 11.0 Å². The molecule has 1 atom stereocenters. The van der Waals surface area contributed by atoms with Gasteiger partial charge in [-0.15, -0.1) is 0 Å². The minimum absolute atomic E-state index is 0.0604. The summed E-state index contributed by atoms with van der Waals surface area (Å²) in [6.45, 7) is 2.01. The average molecular weight is 306 g/mol. The Hall–Kier alpha value is -2.55. The maximum atomic E-state index is 12.1. The molecule has 0 saturated carbocycles. The third-order valence-corrected chi connectivity index (χ3v) is 4.53. The highest BCUT2D eigenvalue weighted by atomic mass is 16.5. The molecule has 0 radical (unpaired) electrons. The first kappa shape index (κ1) is 14.1. The first-order valence-electron chi connectivity index (χ1n) is 8.02. The van der Waals surface area contributed by atoms with Crippen molar-refractivity contribution >= 4 is 11.0 Å². The van der Waals surface area contributed by atoms with E-state index in [2.05, 4.69) is 0 Å². The Morgan fingerprint density at radius 1 is 1.04 bits per heavy atom. The van der Waals surface area contributed by atoms with Crippen LogP contribution in [0.1, 0.15) is 36.1 Å². The Kier molecular flexibility index (Phi) is 3.41. The lowest BCUT2D eigenvalue weighted by Crippen LogP contribution is -2.07. The van der Waals surface area contributed by atoms with Gasteiger partial charge in [0.1, 0.15) is 17.4 Å². The molecule has 0 amide bonds. The number of ether oxygens (including phenoxy) is 1. The summed E-state index contributed by atoms with van der Waals surface area (Å²) < 4.78 is 11.5. The third-order valence-electron chi connectivity index (χ3n) is 4.53. The summed E-state index contributed by atoms with van der Waals surface area (Å²) in [6, 6.07) is 15.9. The first-order chi connectivity index (χ1) is 11.2. The molecule has 3 heteroatoms. The predicted molar refractivity (Wildman–Crippen MR) is 90.0 cm³/mol. The molecular formula is C20H18O3. The van der Waals surface area contributed by atoms with Crippen LogP contribution in [0.15, 0.2) is 57.7 Å². The van der Waals surface area contributed by atoms with Crippen molar-refractivity contribution in [3.8, 4) is 5.75 Å². The fraction of sp³-hybridized carbons (Fsp3) is 0.250. The van der Waals surface area contributed by atoms with Gasteiger partial charge >= 0.3 is 5.63 Å². The smallest absolute Gasteiger partial charge is 0.339 e. The van der Waals surface area contributed by atoms with E-state index in [-0.39, 0.29) is 11.7 Å². The predicted octanol–water partition coefficient (Wildman–Crippen LogP) is 4.42. The quantitative estimate of drug-likeness (QED) is 0.672. The zero-order chi connectivity index (χ0) is 15.8. The molecule has 0 saturated heterocycles. The van der Waals surface area contributed by atoms with Gasteiger partial charge in [-0.1, -0.05) is 30.3 Å². The summed E-state index contributed by atoms with van der Waals surface area (Å²) in [7, 11) is 0. The minimum Gasteiger partial charge on any atom is -0.486 e. The lowest BCUT2D eigenvalue weighted by atomic mass is 10.1. The lowest BCUT2D eigenvalue weighted by Gasteiger charge is -2.15. The van der Waals surface area contributed by atoms with E-state index in [1.54, 1.807) is 0 Å². The SMILES string of the molecule is C[C@H](Oc1ccc2c3c(c(=O)oc2c1)CCC3)c1ccccc1. The molecule has 1 heterocycles. The van der Waals surface area contributed by atoms with Crippen molar-refractivity contribution in [3.05, 3.63) is 75.6 Å². The van der Waals surface area contributed by atoms with E-state index >= 15 is 0 Å². The molecule has 1 aliphatic carbocycles. The Morgan fingerprint density at radius 2 is 1.83 bits per heavy atom. The topological polar surface area (TPSA) is 39.4 Å². The van der Waals surface area contributed by atoms with E-state index in [9.17, 15) is 4.79 Å². The van der Waals surface area contributed by atoms with Crippen LogP contribution in [0.2, 0.25) is 0 Å². The highest BCUT2D eigenvalue weighted by molar-refractivity contribution is 5.83. The second-order valence-corrected chi connectivity index (χ2v) is 6.03. The highest BCUT2D eigenvalue weighted by Gasteiger charge is 2.19. The van der Waals surface area contributed by atoms with Gasteiger partial charge in [-0.3, -0.25) is 0 Å². The maximum Gasteiger partial charge on any atom is 0.339 e. The molecule has 0 N–H and O–H groups in total. The van der Waals surface area contributed by atoms with E-state index in [1.807, 2.05) is 55.5 Å². The zero-order valence-electron chi connectivity index (χ0n) is 13.0. The number of aryl methyl sites for hydroxylation is 1. The van der Waals surface area contributed by atoms with Crippen molar-refractivity contribution in [2.24, 2.45) is 0 Å². The molecule has 116 valence electrons. The first-order valence-corrected chi connectivity index (χ1v) is 8.02. The van der Waals surface area contributed by atoms with Gasteiger partial charge in [-0.25, -0.2) is 4.79 Å². The largest absolute Gasteiger partial charge is 0.486 e. The van der Waals surface area contributed by atoms with Crippen LogP contribution in [-0.2, 0) is 12.8 Å². The van der Waals surface area contributed by atoms with Crippen LogP contribution >= 0.6 is 0 Å². The van der Waals surface area contributed by atoms with Crippen LogP contribution in [0.5, 0.6) is 5.75 Å². The monoisotopic (exact) mass is 306 g/mol. The van der Waals surface area contributed by atoms with Gasteiger partial charge in [0, 0.05) is 17.0 Å². The Balaban J connectivity index is 1.70. The molecule has 23 heavy (non-hydrogen) atoms. The summed E-state index contributed by atoms with van der Waals surface area (Å²) in [5.41, 5.74) is 3.54. The molecule has 0 unspecified atom stereocenters. The lowest BCUT2D eigenvalue weighted by molar-refractivity contribution is 0.227. The second kappa shape index (κ2) is 5.58. The van der Waals surface area contributed by atoms with E-state index in [1.165, 1.54) is 0 Å². The summed E-state index contributed by atoms with van der Waals surface area (Å²) in [4.78, 5) is 12.1. The van der Waals surface area contributed by atoms with Crippen molar-refractivity contribution in [3.63, 3.8) is 0 Å². The Bertz CT molecular complexity index is 909. The van der Waals surface area contributed by atoms with Crippen LogP contribution in [0.4, 0.5) is 0 Å². The van der Waals surface area contributed by atoms with Crippen LogP contribution in [0.3, 0.4) is 0 Å². The van der Waals surface area contributed by atoms with E-state index in [0.717, 1.165) is 47.1 Å². The fourth-order valence-corrected chi connectivity index (χ4v) is 3.33. The van der Waals surface area contributed by atoms with Crippen molar-refractivity contribution < 1.29 is 9.15 Å². The van der Waals surface area contributed by atoms with Crippen LogP contribution in [-0.4, -0.2) is 0 Å². The summed E-state index contributed by atoms with van der Waals surface area (Å²) >= 11 is 0. The number of benzene rings is 2. The van der Waals surface area contributed by atoms with Gasteiger partial charge in [-0.05, 0) is 49.4 Å². The second-order valence-electron chi connectivity index (χ2n) is 6.03. The standard InChI is InChI=1S/C20H18O3/c1-13(14-6-3-2-4-7-14)22-15-10-11-17-16-8-5-9-18(16)20(21)23-19(17)12-15/h2-4,6-7,10-13H,5,8-9H2,1H3/t13-/m0/s1. The Labute approximate surface area is 134 Å². The number of fused-ring (bicyclic) bond motifs is 3. The summed E-state index contributed by atoms with van der Waals surface area (Å²) in [5, 5.41) is 1.04. The zero-order valence-corrected chi connectivity index (χ0v) is 13.0. The van der Waals surface area contributed by atoms with Crippen molar-refractivity contribution in [2.45, 2.75) is 32.3 Å². The molecule has 0 aliphatic heterocycles. The van der Waals surface area contributed by atoms with Crippen LogP contribution in [0, 0.1) is 0 Å². The number of hydrogen-bond donors (Lipinski definition) is 0. The molecule has 4 rings (SSSR count). The van der Waals surface area contributed by atoms with Crippen molar-refractivity contribution in [1.82, 2.24) is 0 Å². The summed E-state index contributed by atoms with van der Waals surface area (Å²) in [5.74, 6) is 0.718. The minimum atomic E-state index is -0.196. The Morgan fingerprint density at radius 3 is 2.65 bits per heavy atom. The molecule has 0 fully saturated rings. The molecule has 2 aromatic carbocycles. The van der Waals surface area contributed by atoms with Crippen molar-refractivity contribution in [2.75, 3.05) is 0 Å². The van der Waals surface area contributed by atoms with Gasteiger partial charge in [0.25, 0.3) is 0 Å². The number of rotatable bonds is 3. The van der Waals surface area contributed by atoms with E-state index < -0.39 is 0 Å². The maximum absolute atomic E-state index is 12.1. The molecule has 3 aromatic rings. The molecule has 3 nitrogen and oxygen atoms in total. The molecular weight excluding hydrogens is 288 g/mol. The number of hydrogen-bond acceptors (Lipinski definition) is 3. The van der Waals surface area contributed by atoms with Gasteiger partial charge in [0.2, 0.25) is 0 Å². The normalized spacial score (nSPS) is 14.7. The van der Waals surface area contributed by atoms with E-state index in [4.69, 9.17) is 9.15 Å². The van der Waals surface area contributed by atoms with Gasteiger partial charge < -0.3 is 9.15 Å². The van der Waals surface area contributed by atoms with E-state index in [0.29, 0.717) is 5.58 Å². The van der Waals surface area contributed by atoms with Gasteiger partial charge in [-0.2, -0.15) is 0 Å². The highest BCUT2D eigenvalue weighted by Crippen LogP contribution is 2.31. The van der Waals surface area contributed by atoms with Crippen molar-refractivity contribution in [1.29, 1.82) is 0 Å². The molecule has 0 bridgehead atoms. The molecule has 1 aliphatic rings. The molecule has 0 spiro atoms. The third kappa shape index (κ3) is 2.52. The molecule has 1 aromatic heterocycles. The van der Waals surface area contributed by atoms with Gasteiger partial charge in [0.15, 0.2) is 0 Å². The van der Waals surface area contributed by atoms with Gasteiger partial charge in [0.05, 0.1) is 0 Å². The fourth-order valence-electron chi connectivity index (χ4n) is 3.33. The average Bonchev–Trinajstić information content (AvgIpc) is 3.06. The summed E-state index contributed by atoms with van der Waals surface area (Å²) in [6.07, 6.45) is 2.76. The van der Waals surface area contributed by atoms with Crippen LogP contribution < -0.4 is 10.4 Å².